The molecular weight excluding hydrogens is 490 g/mol. The lowest BCUT2D eigenvalue weighted by atomic mass is 10.1. The maximum Gasteiger partial charge on any atom is 0.264 e. The van der Waals surface area contributed by atoms with Crippen LogP contribution in [0.4, 0.5) is 11.4 Å². The number of aryl methyl sites for hydroxylation is 1. The van der Waals surface area contributed by atoms with Crippen LogP contribution in [-0.2, 0) is 26.0 Å². The first-order valence-corrected chi connectivity index (χ1v) is 13.8. The summed E-state index contributed by atoms with van der Waals surface area (Å²) in [5.41, 5.74) is 1.83. The van der Waals surface area contributed by atoms with Crippen molar-refractivity contribution in [3.63, 3.8) is 0 Å². The first-order valence-electron chi connectivity index (χ1n) is 12.3. The van der Waals surface area contributed by atoms with E-state index in [1.807, 2.05) is 19.1 Å². The number of nitrogens with zero attached hydrogens (tertiary/aromatic N) is 1. The summed E-state index contributed by atoms with van der Waals surface area (Å²) in [6, 6.07) is 21.8. The van der Waals surface area contributed by atoms with Crippen LogP contribution in [0, 0.1) is 0 Å². The minimum absolute atomic E-state index is 0.0129. The molecule has 4 rings (SSSR count). The molecule has 37 heavy (non-hydrogen) atoms. The number of para-hydroxylation sites is 2. The first kappa shape index (κ1) is 26.4. The topological polar surface area (TPSA) is 105 Å². The number of hydrogen-bond acceptors (Lipinski definition) is 5. The van der Waals surface area contributed by atoms with Crippen molar-refractivity contribution in [2.45, 2.75) is 37.2 Å². The third-order valence-corrected chi connectivity index (χ3v) is 7.99. The fourth-order valence-electron chi connectivity index (χ4n) is 4.29. The lowest BCUT2D eigenvalue weighted by Gasteiger charge is -2.26. The zero-order valence-corrected chi connectivity index (χ0v) is 21.5. The maximum absolute atomic E-state index is 13.6. The van der Waals surface area contributed by atoms with Crippen molar-refractivity contribution in [3.05, 3.63) is 90.0 Å². The van der Waals surface area contributed by atoms with E-state index in [-0.39, 0.29) is 16.9 Å². The van der Waals surface area contributed by atoms with E-state index in [0.29, 0.717) is 36.5 Å². The van der Waals surface area contributed by atoms with Gasteiger partial charge in [0.2, 0.25) is 5.91 Å². The number of ether oxygens (including phenoxy) is 1. The molecule has 0 aromatic heterocycles. The van der Waals surface area contributed by atoms with Crippen molar-refractivity contribution in [2.24, 2.45) is 0 Å². The van der Waals surface area contributed by atoms with Crippen LogP contribution < -0.4 is 14.9 Å². The molecule has 1 saturated heterocycles. The number of anilines is 2. The lowest BCUT2D eigenvalue weighted by Crippen LogP contribution is -2.39. The third kappa shape index (κ3) is 6.36. The largest absolute Gasteiger partial charge is 0.376 e. The quantitative estimate of drug-likeness (QED) is 0.420. The Labute approximate surface area is 217 Å². The fourth-order valence-corrected chi connectivity index (χ4v) is 5.77. The molecule has 1 heterocycles. The van der Waals surface area contributed by atoms with Gasteiger partial charge in [-0.3, -0.25) is 13.9 Å². The van der Waals surface area contributed by atoms with Crippen molar-refractivity contribution in [1.82, 2.24) is 5.32 Å². The molecule has 1 fully saturated rings. The first-order chi connectivity index (χ1) is 17.9. The van der Waals surface area contributed by atoms with Crippen molar-refractivity contribution in [3.8, 4) is 0 Å². The number of carbonyl (C=O) groups is 2. The maximum atomic E-state index is 13.6. The van der Waals surface area contributed by atoms with E-state index in [1.54, 1.807) is 54.6 Å². The van der Waals surface area contributed by atoms with Gasteiger partial charge in [-0.15, -0.1) is 0 Å². The number of amides is 2. The van der Waals surface area contributed by atoms with E-state index in [4.69, 9.17) is 4.74 Å². The van der Waals surface area contributed by atoms with E-state index in [1.165, 1.54) is 12.1 Å². The van der Waals surface area contributed by atoms with Crippen LogP contribution in [0.2, 0.25) is 0 Å². The summed E-state index contributed by atoms with van der Waals surface area (Å²) >= 11 is 0. The number of rotatable bonds is 10. The van der Waals surface area contributed by atoms with Gasteiger partial charge < -0.3 is 15.4 Å². The number of nitrogens with one attached hydrogen (secondary N) is 2. The predicted octanol–water partition coefficient (Wildman–Crippen LogP) is 3.99. The second-order valence-corrected chi connectivity index (χ2v) is 10.6. The van der Waals surface area contributed by atoms with E-state index in [0.717, 1.165) is 22.7 Å². The smallest absolute Gasteiger partial charge is 0.264 e. The Hall–Kier alpha value is -3.69. The molecule has 0 radical (unpaired) electrons. The molecular formula is C28H31N3O5S. The highest BCUT2D eigenvalue weighted by molar-refractivity contribution is 7.92. The van der Waals surface area contributed by atoms with Gasteiger partial charge >= 0.3 is 0 Å². The van der Waals surface area contributed by atoms with Gasteiger partial charge in [-0.1, -0.05) is 55.5 Å². The van der Waals surface area contributed by atoms with Gasteiger partial charge in [0, 0.05) is 13.2 Å². The number of benzene rings is 3. The molecule has 2 N–H and O–H groups in total. The summed E-state index contributed by atoms with van der Waals surface area (Å²) in [4.78, 5) is 26.2. The summed E-state index contributed by atoms with van der Waals surface area (Å²) in [6.07, 6.45) is 2.44. The van der Waals surface area contributed by atoms with Gasteiger partial charge in [-0.25, -0.2) is 8.42 Å². The van der Waals surface area contributed by atoms with E-state index in [9.17, 15) is 18.0 Å². The molecule has 1 aliphatic rings. The van der Waals surface area contributed by atoms with Gasteiger partial charge in [0.15, 0.2) is 0 Å². The molecule has 3 aromatic carbocycles. The van der Waals surface area contributed by atoms with Crippen LogP contribution in [0.1, 0.15) is 35.7 Å². The molecule has 0 unspecified atom stereocenters. The number of carbonyl (C=O) groups excluding carboxylic acids is 2. The Bertz CT molecular complexity index is 1340. The van der Waals surface area contributed by atoms with Crippen molar-refractivity contribution >= 4 is 33.2 Å². The minimum atomic E-state index is -4.04. The standard InChI is InChI=1S/C28H31N3O5S/c1-2-21-11-6-9-17-26(21)31(37(34,35)23-13-4-3-5-14-23)20-27(32)30-25-16-8-7-15-24(25)28(33)29-19-22-12-10-18-36-22/h3-9,11,13-17,22H,2,10,12,18-20H2,1H3,(H,29,33)(H,30,32)/t22-/m0/s1. The van der Waals surface area contributed by atoms with E-state index in [2.05, 4.69) is 10.6 Å². The average molecular weight is 522 g/mol. The van der Waals surface area contributed by atoms with Crippen LogP contribution in [0.15, 0.2) is 83.8 Å². The third-order valence-electron chi connectivity index (χ3n) is 6.22. The summed E-state index contributed by atoms with van der Waals surface area (Å²) in [6.45, 7) is 2.55. The van der Waals surface area contributed by atoms with Gasteiger partial charge in [-0.2, -0.15) is 0 Å². The second-order valence-electron chi connectivity index (χ2n) is 8.75. The highest BCUT2D eigenvalue weighted by atomic mass is 32.2. The zero-order chi connectivity index (χ0) is 26.3. The summed E-state index contributed by atoms with van der Waals surface area (Å²) in [7, 11) is -4.04. The highest BCUT2D eigenvalue weighted by Crippen LogP contribution is 2.28. The fraction of sp³-hybridized carbons (Fsp3) is 0.286. The normalized spacial score (nSPS) is 15.2. The lowest BCUT2D eigenvalue weighted by molar-refractivity contribution is -0.114. The van der Waals surface area contributed by atoms with Crippen LogP contribution >= 0.6 is 0 Å². The monoisotopic (exact) mass is 521 g/mol. The van der Waals surface area contributed by atoms with E-state index < -0.39 is 22.5 Å². The van der Waals surface area contributed by atoms with E-state index >= 15 is 0 Å². The molecule has 0 aliphatic carbocycles. The molecule has 2 amide bonds. The van der Waals surface area contributed by atoms with Crippen LogP contribution in [0.3, 0.4) is 0 Å². The average Bonchev–Trinajstić information content (AvgIpc) is 3.45. The summed E-state index contributed by atoms with van der Waals surface area (Å²) in [5, 5.41) is 5.60. The molecule has 0 bridgehead atoms. The minimum Gasteiger partial charge on any atom is -0.376 e. The van der Waals surface area contributed by atoms with Crippen LogP contribution in [0.5, 0.6) is 0 Å². The molecule has 0 spiro atoms. The Morgan fingerprint density at radius 3 is 2.41 bits per heavy atom. The number of hydrogen-bond donors (Lipinski definition) is 2. The predicted molar refractivity (Wildman–Crippen MR) is 143 cm³/mol. The molecule has 1 atom stereocenters. The summed E-state index contributed by atoms with van der Waals surface area (Å²) < 4.78 is 34.0. The molecule has 8 nitrogen and oxygen atoms in total. The zero-order valence-electron chi connectivity index (χ0n) is 20.7. The van der Waals surface area contributed by atoms with Crippen LogP contribution in [-0.4, -0.2) is 46.0 Å². The SMILES string of the molecule is CCc1ccccc1N(CC(=O)Nc1ccccc1C(=O)NC[C@@H]1CCCO1)S(=O)(=O)c1ccccc1. The Balaban J connectivity index is 1.57. The van der Waals surface area contributed by atoms with Gasteiger partial charge in [0.1, 0.15) is 6.54 Å². The second kappa shape index (κ2) is 12.0. The Kier molecular flexibility index (Phi) is 8.58. The molecule has 3 aromatic rings. The molecule has 0 saturated carbocycles. The Morgan fingerprint density at radius 1 is 0.973 bits per heavy atom. The van der Waals surface area contributed by atoms with Gasteiger partial charge in [0.25, 0.3) is 15.9 Å². The van der Waals surface area contributed by atoms with Gasteiger partial charge in [0.05, 0.1) is 27.9 Å². The van der Waals surface area contributed by atoms with Crippen molar-refractivity contribution in [1.29, 1.82) is 0 Å². The van der Waals surface area contributed by atoms with Crippen LogP contribution in [0.25, 0.3) is 0 Å². The molecule has 1 aliphatic heterocycles. The van der Waals surface area contributed by atoms with Crippen molar-refractivity contribution < 1.29 is 22.7 Å². The van der Waals surface area contributed by atoms with Gasteiger partial charge in [-0.05, 0) is 55.2 Å². The van der Waals surface area contributed by atoms with Crippen molar-refractivity contribution in [2.75, 3.05) is 29.3 Å². The summed E-state index contributed by atoms with van der Waals surface area (Å²) in [5.74, 6) is -0.902. The number of sulfonamides is 1. The molecule has 194 valence electrons. The molecule has 9 heteroatoms. The Morgan fingerprint density at radius 2 is 1.68 bits per heavy atom. The highest BCUT2D eigenvalue weighted by Gasteiger charge is 2.29.